The third kappa shape index (κ3) is 4.01. The zero-order valence-electron chi connectivity index (χ0n) is 13.3. The van der Waals surface area contributed by atoms with Crippen LogP contribution >= 0.6 is 0 Å². The molecule has 0 unspecified atom stereocenters. The number of hydrogen-bond acceptors (Lipinski definition) is 4. The van der Waals surface area contributed by atoms with Gasteiger partial charge in [-0.25, -0.2) is 9.97 Å². The van der Waals surface area contributed by atoms with Gasteiger partial charge in [0.2, 0.25) is 0 Å². The minimum atomic E-state index is 0.834. The van der Waals surface area contributed by atoms with Crippen molar-refractivity contribution in [3.8, 4) is 0 Å². The summed E-state index contributed by atoms with van der Waals surface area (Å²) in [5.74, 6) is 0.947. The molecule has 1 aromatic heterocycles. The van der Waals surface area contributed by atoms with Gasteiger partial charge in [0.05, 0.1) is 0 Å². The Morgan fingerprint density at radius 2 is 1.67 bits per heavy atom. The highest BCUT2D eigenvalue weighted by atomic mass is 15.2. The highest BCUT2D eigenvalue weighted by molar-refractivity contribution is 5.05. The summed E-state index contributed by atoms with van der Waals surface area (Å²) < 4.78 is 0. The van der Waals surface area contributed by atoms with Gasteiger partial charge in [-0.15, -0.1) is 0 Å². The average Bonchev–Trinajstić information content (AvgIpc) is 2.57. The zero-order chi connectivity index (χ0) is 14.5. The third-order valence-corrected chi connectivity index (χ3v) is 4.95. The predicted octanol–water partition coefficient (Wildman–Crippen LogP) is 2.49. The molecule has 4 heteroatoms. The standard InChI is InChI=1S/C17H28N4/c1-2-17-18-12-15(13-19-17)14-20-10-6-16(7-11-20)21-8-4-3-5-9-21/h12-13,16H,2-11,14H2,1H3. The lowest BCUT2D eigenvalue weighted by molar-refractivity contribution is 0.0895. The smallest absolute Gasteiger partial charge is 0.127 e. The molecule has 0 aromatic carbocycles. The Morgan fingerprint density at radius 1 is 1.00 bits per heavy atom. The summed E-state index contributed by atoms with van der Waals surface area (Å²) in [6.45, 7) is 8.21. The molecule has 3 rings (SSSR count). The molecule has 4 nitrogen and oxygen atoms in total. The molecule has 2 aliphatic rings. The highest BCUT2D eigenvalue weighted by Crippen LogP contribution is 2.21. The molecule has 0 amide bonds. The first kappa shape index (κ1) is 14.9. The van der Waals surface area contributed by atoms with E-state index in [0.717, 1.165) is 24.8 Å². The summed E-state index contributed by atoms with van der Waals surface area (Å²) in [5.41, 5.74) is 1.25. The van der Waals surface area contributed by atoms with Crippen LogP contribution in [0, 0.1) is 0 Å². The van der Waals surface area contributed by atoms with Crippen molar-refractivity contribution < 1.29 is 0 Å². The molecule has 2 fully saturated rings. The van der Waals surface area contributed by atoms with E-state index in [1.807, 2.05) is 12.4 Å². The van der Waals surface area contributed by atoms with Gasteiger partial charge in [0.25, 0.3) is 0 Å². The van der Waals surface area contributed by atoms with Crippen molar-refractivity contribution in [2.45, 2.75) is 58.0 Å². The Hall–Kier alpha value is -1.00. The number of rotatable bonds is 4. The number of aryl methyl sites for hydroxylation is 1. The van der Waals surface area contributed by atoms with Crippen LogP contribution < -0.4 is 0 Å². The second kappa shape index (κ2) is 7.32. The van der Waals surface area contributed by atoms with Crippen LogP contribution in [0.5, 0.6) is 0 Å². The van der Waals surface area contributed by atoms with E-state index in [4.69, 9.17) is 0 Å². The van der Waals surface area contributed by atoms with E-state index in [-0.39, 0.29) is 0 Å². The summed E-state index contributed by atoms with van der Waals surface area (Å²) in [6, 6.07) is 0.834. The third-order valence-electron chi connectivity index (χ3n) is 4.95. The van der Waals surface area contributed by atoms with E-state index >= 15 is 0 Å². The second-order valence-corrected chi connectivity index (χ2v) is 6.47. The van der Waals surface area contributed by atoms with E-state index in [9.17, 15) is 0 Å². The molecule has 3 heterocycles. The van der Waals surface area contributed by atoms with Gasteiger partial charge in [0.15, 0.2) is 0 Å². The van der Waals surface area contributed by atoms with Gasteiger partial charge in [0.1, 0.15) is 5.82 Å². The first-order valence-electron chi connectivity index (χ1n) is 8.61. The average molecular weight is 288 g/mol. The Labute approximate surface area is 128 Å². The molecule has 0 spiro atoms. The van der Waals surface area contributed by atoms with Crippen LogP contribution in [0.25, 0.3) is 0 Å². The Bertz CT molecular complexity index is 417. The van der Waals surface area contributed by atoms with E-state index in [0.29, 0.717) is 0 Å². The largest absolute Gasteiger partial charge is 0.300 e. The number of aromatic nitrogens is 2. The fraction of sp³-hybridized carbons (Fsp3) is 0.765. The molecule has 2 aliphatic heterocycles. The molecule has 0 bridgehead atoms. The van der Waals surface area contributed by atoms with Crippen molar-refractivity contribution in [2.75, 3.05) is 26.2 Å². The van der Waals surface area contributed by atoms with Crippen LogP contribution in [0.4, 0.5) is 0 Å². The van der Waals surface area contributed by atoms with Gasteiger partial charge < -0.3 is 4.90 Å². The molecule has 0 aliphatic carbocycles. The van der Waals surface area contributed by atoms with Crippen LogP contribution in [0.3, 0.4) is 0 Å². The van der Waals surface area contributed by atoms with Crippen LogP contribution in [0.15, 0.2) is 12.4 Å². The molecule has 2 saturated heterocycles. The summed E-state index contributed by atoms with van der Waals surface area (Å²) in [4.78, 5) is 14.1. The monoisotopic (exact) mass is 288 g/mol. The van der Waals surface area contributed by atoms with Crippen molar-refractivity contribution in [2.24, 2.45) is 0 Å². The Balaban J connectivity index is 1.46. The van der Waals surface area contributed by atoms with Gasteiger partial charge in [-0.2, -0.15) is 0 Å². The molecular formula is C17H28N4. The molecular weight excluding hydrogens is 260 g/mol. The van der Waals surface area contributed by atoms with Crippen LogP contribution in [-0.4, -0.2) is 52.0 Å². The van der Waals surface area contributed by atoms with Crippen molar-refractivity contribution in [1.82, 2.24) is 19.8 Å². The second-order valence-electron chi connectivity index (χ2n) is 6.47. The van der Waals surface area contributed by atoms with Crippen molar-refractivity contribution in [3.05, 3.63) is 23.8 Å². The number of likely N-dealkylation sites (tertiary alicyclic amines) is 2. The number of piperidine rings is 2. The maximum atomic E-state index is 4.41. The Morgan fingerprint density at radius 3 is 2.29 bits per heavy atom. The summed E-state index contributed by atoms with van der Waals surface area (Å²) in [5, 5.41) is 0. The lowest BCUT2D eigenvalue weighted by Gasteiger charge is -2.40. The Kier molecular flexibility index (Phi) is 5.20. The van der Waals surface area contributed by atoms with Gasteiger partial charge in [-0.1, -0.05) is 13.3 Å². The summed E-state index contributed by atoms with van der Waals surface area (Å²) in [6.07, 6.45) is 11.8. The van der Waals surface area contributed by atoms with Crippen LogP contribution in [0.1, 0.15) is 50.4 Å². The minimum Gasteiger partial charge on any atom is -0.300 e. The van der Waals surface area contributed by atoms with Crippen molar-refractivity contribution >= 4 is 0 Å². The molecule has 0 radical (unpaired) electrons. The fourth-order valence-electron chi connectivity index (χ4n) is 3.63. The summed E-state index contributed by atoms with van der Waals surface area (Å²) >= 11 is 0. The van der Waals surface area contributed by atoms with E-state index < -0.39 is 0 Å². The van der Waals surface area contributed by atoms with Gasteiger partial charge in [-0.05, 0) is 51.9 Å². The molecule has 21 heavy (non-hydrogen) atoms. The van der Waals surface area contributed by atoms with Crippen LogP contribution in [-0.2, 0) is 13.0 Å². The molecule has 116 valence electrons. The minimum absolute atomic E-state index is 0.834. The molecule has 0 saturated carbocycles. The first-order valence-corrected chi connectivity index (χ1v) is 8.61. The van der Waals surface area contributed by atoms with Crippen LogP contribution in [0.2, 0.25) is 0 Å². The van der Waals surface area contributed by atoms with E-state index in [1.165, 1.54) is 63.8 Å². The normalized spacial score (nSPS) is 22.5. The van der Waals surface area contributed by atoms with Gasteiger partial charge in [-0.3, -0.25) is 4.90 Å². The van der Waals surface area contributed by atoms with E-state index in [1.54, 1.807) is 0 Å². The lowest BCUT2D eigenvalue weighted by Crippen LogP contribution is -2.46. The quantitative estimate of drug-likeness (QED) is 0.852. The van der Waals surface area contributed by atoms with Crippen molar-refractivity contribution in [3.63, 3.8) is 0 Å². The first-order chi connectivity index (χ1) is 10.3. The maximum absolute atomic E-state index is 4.41. The summed E-state index contributed by atoms with van der Waals surface area (Å²) in [7, 11) is 0. The fourth-order valence-corrected chi connectivity index (χ4v) is 3.63. The van der Waals surface area contributed by atoms with Crippen molar-refractivity contribution in [1.29, 1.82) is 0 Å². The number of nitrogens with zero attached hydrogens (tertiary/aromatic N) is 4. The molecule has 1 aromatic rings. The molecule has 0 N–H and O–H groups in total. The SMILES string of the molecule is CCc1ncc(CN2CCC(N3CCCCC3)CC2)cn1. The molecule has 0 atom stereocenters. The topological polar surface area (TPSA) is 32.3 Å². The highest BCUT2D eigenvalue weighted by Gasteiger charge is 2.25. The zero-order valence-corrected chi connectivity index (χ0v) is 13.3. The predicted molar refractivity (Wildman–Crippen MR) is 85.1 cm³/mol. The maximum Gasteiger partial charge on any atom is 0.127 e. The van der Waals surface area contributed by atoms with Gasteiger partial charge >= 0.3 is 0 Å². The number of hydrogen-bond donors (Lipinski definition) is 0. The van der Waals surface area contributed by atoms with Gasteiger partial charge in [0, 0.05) is 37.0 Å². The lowest BCUT2D eigenvalue weighted by atomic mass is 10.00. The van der Waals surface area contributed by atoms with E-state index in [2.05, 4.69) is 26.7 Å².